The average Bonchev–Trinajstić information content (AvgIpc) is 1.56. The van der Waals surface area contributed by atoms with Crippen molar-refractivity contribution in [2.45, 2.75) is 269 Å². The Bertz CT molecular complexity index is 5690. The first-order valence-electron chi connectivity index (χ1n) is 43.7. The lowest BCUT2D eigenvalue weighted by atomic mass is 9.87. The number of aryl methyl sites for hydroxylation is 1. The molecular formula is C114H169N6O4Si8+. The van der Waals surface area contributed by atoms with Crippen LogP contribution in [0.4, 0.5) is 0 Å². The van der Waals surface area contributed by atoms with Crippen molar-refractivity contribution >= 4 is 98.7 Å². The second-order valence-corrected chi connectivity index (χ2v) is 73.5. The Labute approximate surface area is 811 Å². The average molecular weight is 1910 g/mol. The van der Waals surface area contributed by atoms with Gasteiger partial charge in [0.2, 0.25) is 22.5 Å². The number of aromatic amines is 1. The van der Waals surface area contributed by atoms with Crippen LogP contribution in [0.3, 0.4) is 0 Å². The van der Waals surface area contributed by atoms with Crippen LogP contribution in [0.25, 0.3) is 67.8 Å². The maximum atomic E-state index is 7.23. The van der Waals surface area contributed by atoms with Crippen molar-refractivity contribution < 1.29 is 21.1 Å². The van der Waals surface area contributed by atoms with Crippen LogP contribution in [0.1, 0.15) is 155 Å². The first-order valence-corrected chi connectivity index (χ1v) is 67.8. The lowest BCUT2D eigenvalue weighted by Crippen LogP contribution is -2.57. The Kier molecular flexibility index (Phi) is 41.9. The molecule has 18 heteroatoms. The lowest BCUT2D eigenvalue weighted by molar-refractivity contribution is -0.617. The van der Waals surface area contributed by atoms with E-state index >= 15 is 0 Å². The zero-order valence-electron chi connectivity index (χ0n) is 76.6. The van der Waals surface area contributed by atoms with Gasteiger partial charge in [-0.1, -0.05) is 458 Å². The van der Waals surface area contributed by atoms with E-state index in [0.29, 0.717) is 0 Å². The molecule has 0 radical (unpaired) electrons. The SMILES string of the molecule is C.C.C.C.C.C.C.C.C.C.CC(C)(C)c1ccc([Si](C)(C)O[Si](C)(C)O[Si](C)(C)CC[Si](C)(C)c2ccc(-c3nc(-c4ccccc4)c(-c4ccccc4)[nH]3)cc2)cc1.Cc1ccc(C2N=C(c3ccccc3)C(c3ccccc3)=[N+]2n2c(-c3ccc([Si](C)(C)CC[Si](C)(C)O[Si](C)(C)O[Si](C)(C)c4ccc(C(C)(C)C)cc4)cc3)nc(-c3ccccc3)c2-c2ccccc2)cc1. The number of nitrogens with one attached hydrogen (secondary N) is 1. The minimum atomic E-state index is -2.46. The highest BCUT2D eigenvalue weighted by Gasteiger charge is 2.47. The van der Waals surface area contributed by atoms with Crippen molar-refractivity contribution in [3.05, 3.63) is 337 Å². The van der Waals surface area contributed by atoms with Crippen LogP contribution < -0.4 is 20.7 Å². The van der Waals surface area contributed by atoms with Gasteiger partial charge in [0.15, 0.2) is 16.6 Å². The molecule has 132 heavy (non-hydrogen) atoms. The Hall–Kier alpha value is -9.24. The van der Waals surface area contributed by atoms with Crippen molar-refractivity contribution in [1.82, 2.24) is 19.6 Å². The summed E-state index contributed by atoms with van der Waals surface area (Å²) in [6.07, 6.45) is -0.405. The molecule has 1 aliphatic rings. The molecule has 11 aromatic carbocycles. The van der Waals surface area contributed by atoms with E-state index < -0.39 is 72.7 Å². The second kappa shape index (κ2) is 47.3. The van der Waals surface area contributed by atoms with E-state index in [2.05, 4.69) is 465 Å². The van der Waals surface area contributed by atoms with Crippen molar-refractivity contribution in [1.29, 1.82) is 0 Å². The molecule has 3 heterocycles. The summed E-state index contributed by atoms with van der Waals surface area (Å²) in [5.41, 5.74) is 19.8. The molecule has 1 unspecified atom stereocenters. The Morgan fingerprint density at radius 2 is 0.659 bits per heavy atom. The Morgan fingerprint density at radius 3 is 1.04 bits per heavy atom. The summed E-state index contributed by atoms with van der Waals surface area (Å²) in [7, 11) is -16.9. The van der Waals surface area contributed by atoms with E-state index in [1.807, 2.05) is 6.07 Å². The molecule has 0 saturated carbocycles. The molecule has 1 aliphatic heterocycles. The lowest BCUT2D eigenvalue weighted by Gasteiger charge is -2.40. The quantitative estimate of drug-likeness (QED) is 0.0387. The summed E-state index contributed by atoms with van der Waals surface area (Å²) in [6.45, 7) is 53.7. The maximum absolute atomic E-state index is 7.23. The molecule has 0 amide bonds. The van der Waals surface area contributed by atoms with Crippen LogP contribution in [0, 0.1) is 6.92 Å². The van der Waals surface area contributed by atoms with Crippen molar-refractivity contribution in [2.75, 3.05) is 0 Å². The largest absolute Gasteiger partial charge is 0.437 e. The second-order valence-electron chi connectivity index (χ2n) is 39.7. The van der Waals surface area contributed by atoms with E-state index in [4.69, 9.17) is 31.4 Å². The molecule has 1 N–H and O–H groups in total. The zero-order valence-corrected chi connectivity index (χ0v) is 84.6. The predicted molar refractivity (Wildman–Crippen MR) is 606 cm³/mol. The number of H-pyrrole nitrogens is 1. The molecule has 0 fully saturated rings. The summed E-state index contributed by atoms with van der Waals surface area (Å²) in [4.78, 5) is 20.2. The third-order valence-electron chi connectivity index (χ3n) is 23.9. The summed E-state index contributed by atoms with van der Waals surface area (Å²) in [6, 6.07) is 114. The third-order valence-corrected chi connectivity index (χ3v) is 54.4. The fourth-order valence-electron chi connectivity index (χ4n) is 17.1. The molecular weight excluding hydrogens is 1740 g/mol. The molecule has 0 aliphatic carbocycles. The molecule has 0 spiro atoms. The van der Waals surface area contributed by atoms with Gasteiger partial charge < -0.3 is 21.4 Å². The van der Waals surface area contributed by atoms with E-state index in [1.165, 1.54) is 43.5 Å². The highest BCUT2D eigenvalue weighted by molar-refractivity contribution is 6.96. The number of rotatable bonds is 28. The molecule has 0 bridgehead atoms. The van der Waals surface area contributed by atoms with Crippen LogP contribution in [0.2, 0.25) is 129 Å². The maximum Gasteiger partial charge on any atom is 0.311 e. The molecule has 13 aromatic rings. The van der Waals surface area contributed by atoms with Crippen molar-refractivity contribution in [3.8, 4) is 67.8 Å². The number of imidazole rings is 2. The van der Waals surface area contributed by atoms with Gasteiger partial charge in [-0.2, -0.15) is 0 Å². The van der Waals surface area contributed by atoms with Gasteiger partial charge in [0.25, 0.3) is 5.71 Å². The molecule has 710 valence electrons. The zero-order chi connectivity index (χ0) is 87.4. The first kappa shape index (κ1) is 117. The molecule has 1 atom stereocenters. The van der Waals surface area contributed by atoms with Crippen molar-refractivity contribution in [2.24, 2.45) is 4.99 Å². The molecule has 10 nitrogen and oxygen atoms in total. The number of hydrogen-bond acceptors (Lipinski definition) is 7. The van der Waals surface area contributed by atoms with Gasteiger partial charge in [-0.3, -0.25) is 0 Å². The summed E-state index contributed by atoms with van der Waals surface area (Å²) >= 11 is 0. The first-order chi connectivity index (χ1) is 57.5. The number of nitrogens with zero attached hydrogens (tertiary/aromatic N) is 5. The Morgan fingerprint density at radius 1 is 0.326 bits per heavy atom. The fraction of sp³-hybridized carbons (Fsp3) is 0.351. The third kappa shape index (κ3) is 28.4. The standard InChI is InChI=1S/C63H73N4O2Si4.C41H56N2O2Si4.10CH4/c1-47-33-35-52(36-34-47)61-64-57(48-25-17-13-18-26-48)59(50-29-21-15-22-30-50)66(61)67-60(51-31-23-16-24-32-51)58(49-27-19-14-20-28-49)65-62(67)53-37-41-55(42-38-53)70(5,6)45-46-71(7,8)68-73(11,12)69-72(9,10)56-43-39-54(40-44-56)63(2,3)4;1-41(2,3)35-24-28-37(29-25-35)48(8,9)45-49(10,11)44-47(6,7)31-30-46(4,5)36-26-22-34(23-27-36)40-42-38(32-18-14-12-15-19-32)39(43-40)33-20-16-13-17-21-33;;;;;;;;;;/h13-44,61H,45-46H2,1-12H3;12-29H,30-31H2,1-11H3,(H,42,43);10*1H4/q+1;;;;;;;;;;;. The smallest absolute Gasteiger partial charge is 0.311 e. The Balaban J connectivity index is 0.000000674. The summed E-state index contributed by atoms with van der Waals surface area (Å²) in [5.74, 6) is 1.75. The highest BCUT2D eigenvalue weighted by atomic mass is 28.5. The van der Waals surface area contributed by atoms with Crippen LogP contribution >= 0.6 is 0 Å². The minimum Gasteiger partial charge on any atom is -0.437 e. The van der Waals surface area contributed by atoms with Gasteiger partial charge in [0.05, 0.1) is 33.1 Å². The predicted octanol–water partition coefficient (Wildman–Crippen LogP) is 32.0. The van der Waals surface area contributed by atoms with Crippen LogP contribution in [-0.4, -0.2) is 102 Å². The van der Waals surface area contributed by atoms with Crippen LogP contribution in [0.5, 0.6) is 0 Å². The van der Waals surface area contributed by atoms with Crippen molar-refractivity contribution in [3.63, 3.8) is 0 Å². The molecule has 0 saturated heterocycles. The van der Waals surface area contributed by atoms with E-state index in [-0.39, 0.29) is 85.1 Å². The van der Waals surface area contributed by atoms with Crippen LogP contribution in [-0.2, 0) is 27.3 Å². The highest BCUT2D eigenvalue weighted by Crippen LogP contribution is 2.42. The van der Waals surface area contributed by atoms with E-state index in [0.717, 1.165) is 114 Å². The number of aromatic nitrogens is 4. The van der Waals surface area contributed by atoms with Gasteiger partial charge >= 0.3 is 23.3 Å². The number of aliphatic imine (C=N–C) groups is 1. The number of hydrogen-bond donors (Lipinski definition) is 1. The fourth-order valence-corrected chi connectivity index (χ4v) is 54.9. The monoisotopic (exact) mass is 1910 g/mol. The van der Waals surface area contributed by atoms with Gasteiger partial charge in [-0.05, 0) is 154 Å². The van der Waals surface area contributed by atoms with Gasteiger partial charge in [-0.15, -0.1) is 0 Å². The minimum absolute atomic E-state index is 0. The molecule has 14 rings (SSSR count). The van der Waals surface area contributed by atoms with Gasteiger partial charge in [-0.25, -0.2) is 15.0 Å². The normalized spacial score (nSPS) is 13.0. The van der Waals surface area contributed by atoms with Crippen LogP contribution in [0.15, 0.2) is 308 Å². The van der Waals surface area contributed by atoms with Gasteiger partial charge in [0.1, 0.15) is 22.9 Å². The van der Waals surface area contributed by atoms with E-state index in [9.17, 15) is 0 Å². The number of benzene rings is 11. The van der Waals surface area contributed by atoms with E-state index in [1.54, 1.807) is 0 Å². The molecule has 2 aromatic heterocycles. The summed E-state index contributed by atoms with van der Waals surface area (Å²) in [5, 5.41) is 5.56. The summed E-state index contributed by atoms with van der Waals surface area (Å²) < 4.78 is 33.2. The topological polar surface area (TPSA) is 98.8 Å². The van der Waals surface area contributed by atoms with Gasteiger partial charge in [0, 0.05) is 44.5 Å².